The second-order valence-electron chi connectivity index (χ2n) is 4.77. The minimum atomic E-state index is -4.50. The topological polar surface area (TPSA) is 92.4 Å². The molecule has 0 saturated heterocycles. The summed E-state index contributed by atoms with van der Waals surface area (Å²) >= 11 is 0. The number of oxazole rings is 1. The summed E-state index contributed by atoms with van der Waals surface area (Å²) < 4.78 is 42.5. The third-order valence-electron chi connectivity index (χ3n) is 2.58. The summed E-state index contributed by atoms with van der Waals surface area (Å²) in [5, 5.41) is 10.8. The number of nitrogens with one attached hydrogen (secondary N) is 1. The monoisotopic (exact) mass is 294 g/mol. The van der Waals surface area contributed by atoms with E-state index >= 15 is 0 Å². The highest BCUT2D eigenvalue weighted by Crippen LogP contribution is 2.40. The molecular formula is C11H13F3N2O4. The average Bonchev–Trinajstić information content (AvgIpc) is 2.72. The first-order valence-corrected chi connectivity index (χ1v) is 5.54. The quantitative estimate of drug-likeness (QED) is 0.866. The van der Waals surface area contributed by atoms with Gasteiger partial charge >= 0.3 is 12.1 Å². The van der Waals surface area contributed by atoms with Crippen LogP contribution in [0, 0.1) is 5.41 Å². The lowest BCUT2D eigenvalue weighted by Crippen LogP contribution is -2.37. The van der Waals surface area contributed by atoms with Crippen molar-refractivity contribution in [3.63, 3.8) is 0 Å². The van der Waals surface area contributed by atoms with Crippen molar-refractivity contribution in [1.82, 2.24) is 10.3 Å². The largest absolute Gasteiger partial charge is 0.476 e. The molecule has 0 saturated carbocycles. The second-order valence-corrected chi connectivity index (χ2v) is 4.77. The Balaban J connectivity index is 2.53. The zero-order valence-electron chi connectivity index (χ0n) is 10.7. The molecular weight excluding hydrogens is 281 g/mol. The summed E-state index contributed by atoms with van der Waals surface area (Å²) in [4.78, 5) is 25.5. The number of alkyl halides is 3. The minimum absolute atomic E-state index is 0.0967. The van der Waals surface area contributed by atoms with Gasteiger partial charge in [0.1, 0.15) is 6.26 Å². The fourth-order valence-electron chi connectivity index (χ4n) is 1.23. The number of aromatic carboxylic acids is 1. The molecule has 1 amide bonds. The van der Waals surface area contributed by atoms with Gasteiger partial charge in [0.05, 0.1) is 12.0 Å². The zero-order chi connectivity index (χ0) is 15.6. The van der Waals surface area contributed by atoms with Gasteiger partial charge in [0, 0.05) is 6.42 Å². The van der Waals surface area contributed by atoms with Crippen LogP contribution in [-0.4, -0.2) is 28.1 Å². The summed E-state index contributed by atoms with van der Waals surface area (Å²) in [5.74, 6) is -2.23. The fraction of sp³-hybridized carbons (Fsp3) is 0.545. The molecule has 1 aromatic heterocycles. The highest BCUT2D eigenvalue weighted by molar-refractivity contribution is 5.84. The number of aromatic nitrogens is 1. The standard InChI is InChI=1S/C11H13F3N2O4/c1-10(2,11(12,13)14)3-7(17)15-4-8-16-6(5-20-8)9(18)19/h5H,3-4H2,1-2H3,(H,15,17)(H,18,19). The van der Waals surface area contributed by atoms with Gasteiger partial charge in [-0.1, -0.05) is 13.8 Å². The van der Waals surface area contributed by atoms with E-state index in [2.05, 4.69) is 10.3 Å². The zero-order valence-corrected chi connectivity index (χ0v) is 10.7. The normalized spacial score (nSPS) is 12.2. The molecule has 0 bridgehead atoms. The first kappa shape index (κ1) is 16.0. The van der Waals surface area contributed by atoms with Crippen LogP contribution >= 0.6 is 0 Å². The lowest BCUT2D eigenvalue weighted by molar-refractivity contribution is -0.213. The Morgan fingerprint density at radius 3 is 2.45 bits per heavy atom. The number of amides is 1. The van der Waals surface area contributed by atoms with Gasteiger partial charge in [-0.25, -0.2) is 9.78 Å². The van der Waals surface area contributed by atoms with E-state index in [4.69, 9.17) is 9.52 Å². The molecule has 0 atom stereocenters. The molecule has 0 aliphatic heterocycles. The Morgan fingerprint density at radius 2 is 2.00 bits per heavy atom. The van der Waals surface area contributed by atoms with E-state index in [0.717, 1.165) is 20.1 Å². The van der Waals surface area contributed by atoms with Gasteiger partial charge in [0.15, 0.2) is 5.69 Å². The molecule has 112 valence electrons. The van der Waals surface area contributed by atoms with Gasteiger partial charge in [-0.15, -0.1) is 0 Å². The summed E-state index contributed by atoms with van der Waals surface area (Å²) in [6.07, 6.45) is -4.36. The van der Waals surface area contributed by atoms with Crippen molar-refractivity contribution < 1.29 is 32.3 Å². The number of hydrogen-bond donors (Lipinski definition) is 2. The molecule has 0 spiro atoms. The molecule has 1 rings (SSSR count). The first-order chi connectivity index (χ1) is 9.03. The van der Waals surface area contributed by atoms with Crippen LogP contribution < -0.4 is 5.32 Å². The molecule has 0 aromatic carbocycles. The Bertz CT molecular complexity index is 508. The number of carboxylic acid groups (broad SMARTS) is 1. The predicted octanol–water partition coefficient (Wildman–Crippen LogP) is 1.97. The Hall–Kier alpha value is -2.06. The van der Waals surface area contributed by atoms with Crippen molar-refractivity contribution in [3.8, 4) is 0 Å². The Kier molecular flexibility index (Phi) is 4.41. The van der Waals surface area contributed by atoms with Gasteiger partial charge in [-0.3, -0.25) is 4.79 Å². The van der Waals surface area contributed by atoms with Crippen molar-refractivity contribution >= 4 is 11.9 Å². The van der Waals surface area contributed by atoms with E-state index in [1.165, 1.54) is 0 Å². The number of rotatable bonds is 5. The summed E-state index contributed by atoms with van der Waals surface area (Å²) in [5.41, 5.74) is -2.50. The van der Waals surface area contributed by atoms with Crippen LogP contribution in [0.4, 0.5) is 13.2 Å². The SMILES string of the molecule is CC(C)(CC(=O)NCc1nc(C(=O)O)co1)C(F)(F)F. The highest BCUT2D eigenvalue weighted by Gasteiger charge is 2.48. The minimum Gasteiger partial charge on any atom is -0.476 e. The number of carbonyl (C=O) groups is 2. The molecule has 6 nitrogen and oxygen atoms in total. The van der Waals surface area contributed by atoms with Gasteiger partial charge in [-0.2, -0.15) is 13.2 Å². The smallest absolute Gasteiger partial charge is 0.394 e. The molecule has 1 heterocycles. The average molecular weight is 294 g/mol. The number of carboxylic acids is 1. The van der Waals surface area contributed by atoms with Crippen LogP contribution in [0.3, 0.4) is 0 Å². The van der Waals surface area contributed by atoms with Crippen LogP contribution in [0.5, 0.6) is 0 Å². The molecule has 0 fully saturated rings. The van der Waals surface area contributed by atoms with Crippen molar-refractivity contribution in [2.45, 2.75) is 33.0 Å². The van der Waals surface area contributed by atoms with Gasteiger partial charge in [0.2, 0.25) is 11.8 Å². The maximum Gasteiger partial charge on any atom is 0.394 e. The second kappa shape index (κ2) is 5.51. The third kappa shape index (κ3) is 3.97. The van der Waals surface area contributed by atoms with Crippen LogP contribution in [-0.2, 0) is 11.3 Å². The van der Waals surface area contributed by atoms with Gasteiger partial charge in [0.25, 0.3) is 0 Å². The van der Waals surface area contributed by atoms with E-state index < -0.39 is 29.9 Å². The lowest BCUT2D eigenvalue weighted by Gasteiger charge is -2.26. The molecule has 1 aromatic rings. The number of halogens is 3. The number of hydrogen-bond acceptors (Lipinski definition) is 4. The van der Waals surface area contributed by atoms with Crippen LogP contribution in [0.1, 0.15) is 36.6 Å². The van der Waals surface area contributed by atoms with E-state index in [9.17, 15) is 22.8 Å². The molecule has 0 aliphatic rings. The first-order valence-electron chi connectivity index (χ1n) is 5.54. The molecule has 20 heavy (non-hydrogen) atoms. The number of carbonyl (C=O) groups excluding carboxylic acids is 1. The van der Waals surface area contributed by atoms with Crippen molar-refractivity contribution in [3.05, 3.63) is 17.8 Å². The maximum atomic E-state index is 12.6. The molecule has 0 radical (unpaired) electrons. The Labute approximate surface area is 112 Å². The maximum absolute atomic E-state index is 12.6. The van der Waals surface area contributed by atoms with Crippen LogP contribution in [0.25, 0.3) is 0 Å². The van der Waals surface area contributed by atoms with E-state index in [-0.39, 0.29) is 18.1 Å². The van der Waals surface area contributed by atoms with Crippen LogP contribution in [0.2, 0.25) is 0 Å². The highest BCUT2D eigenvalue weighted by atomic mass is 19.4. The molecule has 9 heteroatoms. The molecule has 0 aliphatic carbocycles. The Morgan fingerprint density at radius 1 is 1.40 bits per heavy atom. The molecule has 0 unspecified atom stereocenters. The molecule has 2 N–H and O–H groups in total. The van der Waals surface area contributed by atoms with E-state index in [1.807, 2.05) is 0 Å². The van der Waals surface area contributed by atoms with E-state index in [1.54, 1.807) is 0 Å². The fourth-order valence-corrected chi connectivity index (χ4v) is 1.23. The lowest BCUT2D eigenvalue weighted by atomic mass is 9.88. The summed E-state index contributed by atoms with van der Waals surface area (Å²) in [7, 11) is 0. The predicted molar refractivity (Wildman–Crippen MR) is 59.8 cm³/mol. The third-order valence-corrected chi connectivity index (χ3v) is 2.58. The summed E-state index contributed by atoms with van der Waals surface area (Å²) in [6.45, 7) is 1.56. The van der Waals surface area contributed by atoms with Gasteiger partial charge in [-0.05, 0) is 0 Å². The van der Waals surface area contributed by atoms with Crippen LogP contribution in [0.15, 0.2) is 10.7 Å². The van der Waals surface area contributed by atoms with Crippen molar-refractivity contribution in [2.75, 3.05) is 0 Å². The summed E-state index contributed by atoms with van der Waals surface area (Å²) in [6, 6.07) is 0. The van der Waals surface area contributed by atoms with Crippen molar-refractivity contribution in [1.29, 1.82) is 0 Å². The van der Waals surface area contributed by atoms with Crippen molar-refractivity contribution in [2.24, 2.45) is 5.41 Å². The number of nitrogens with zero attached hydrogens (tertiary/aromatic N) is 1. The van der Waals surface area contributed by atoms with E-state index in [0.29, 0.717) is 0 Å². The van der Waals surface area contributed by atoms with Gasteiger partial charge < -0.3 is 14.8 Å².